The van der Waals surface area contributed by atoms with E-state index in [1.54, 1.807) is 12.1 Å². The molecular weight excluding hydrogens is 540 g/mol. The van der Waals surface area contributed by atoms with Gasteiger partial charge in [0, 0.05) is 39.3 Å². The first kappa shape index (κ1) is 27.7. The molecule has 3 heterocycles. The second-order valence-corrected chi connectivity index (χ2v) is 12.5. The Hall–Kier alpha value is -3.41. The number of amides is 2. The van der Waals surface area contributed by atoms with Crippen LogP contribution in [0, 0.1) is 0 Å². The van der Waals surface area contributed by atoms with Gasteiger partial charge in [0.1, 0.15) is 0 Å². The molecule has 3 fully saturated rings. The molecule has 3 saturated heterocycles. The Kier molecular flexibility index (Phi) is 8.01. The lowest BCUT2D eigenvalue weighted by atomic mass is 9.96. The fourth-order valence-corrected chi connectivity index (χ4v) is 7.48. The first-order valence-electron chi connectivity index (χ1n) is 14.1. The van der Waals surface area contributed by atoms with Crippen molar-refractivity contribution in [1.29, 1.82) is 0 Å². The maximum Gasteiger partial charge on any atom is 0.251 e. The fraction of sp³-hybridized carbons (Fsp3) is 0.355. The quantitative estimate of drug-likeness (QED) is 0.401. The summed E-state index contributed by atoms with van der Waals surface area (Å²) in [6.45, 7) is 4.21. The van der Waals surface area contributed by atoms with Gasteiger partial charge in [0.15, 0.2) is 0 Å². The number of nitrogens with zero attached hydrogens (tertiary/aromatic N) is 4. The van der Waals surface area contributed by atoms with Crippen LogP contribution in [0.3, 0.4) is 0 Å². The molecule has 0 aromatic heterocycles. The number of carbonyl (C=O) groups is 2. The Labute approximate surface area is 241 Å². The number of piperazine rings is 1. The number of carbonyl (C=O) groups excluding carboxylic acids is 2. The Morgan fingerprint density at radius 1 is 0.707 bits per heavy atom. The Morgan fingerprint density at radius 3 is 1.83 bits per heavy atom. The van der Waals surface area contributed by atoms with Crippen molar-refractivity contribution in [3.8, 4) is 0 Å². The fourth-order valence-electron chi connectivity index (χ4n) is 6.07. The molecule has 0 spiro atoms. The molecule has 0 N–H and O–H groups in total. The van der Waals surface area contributed by atoms with Crippen molar-refractivity contribution in [2.24, 2.45) is 0 Å². The number of anilines is 1. The Balaban J connectivity index is 1.13. The van der Waals surface area contributed by atoms with Crippen LogP contribution in [0.2, 0.25) is 0 Å². The SMILES string of the molecule is O=C1CC(N2CCN(C(c3ccccc3)c3ccccc3)CC2)C(=O)N1c1ccc(S(=O)(=O)N2CCOCC2)cc1. The van der Waals surface area contributed by atoms with E-state index in [2.05, 4.69) is 58.3 Å². The number of imide groups is 1. The average Bonchev–Trinajstić information content (AvgIpc) is 3.32. The lowest BCUT2D eigenvalue weighted by Gasteiger charge is -2.41. The summed E-state index contributed by atoms with van der Waals surface area (Å²) in [5.41, 5.74) is 2.85. The molecule has 0 bridgehead atoms. The van der Waals surface area contributed by atoms with Gasteiger partial charge in [-0.1, -0.05) is 60.7 Å². The highest BCUT2D eigenvalue weighted by molar-refractivity contribution is 7.89. The van der Waals surface area contributed by atoms with Gasteiger partial charge in [0.2, 0.25) is 15.9 Å². The zero-order chi connectivity index (χ0) is 28.4. The summed E-state index contributed by atoms with van der Waals surface area (Å²) in [6, 6.07) is 26.5. The van der Waals surface area contributed by atoms with Gasteiger partial charge in [-0.15, -0.1) is 0 Å². The van der Waals surface area contributed by atoms with Crippen LogP contribution in [0.4, 0.5) is 5.69 Å². The maximum absolute atomic E-state index is 13.5. The van der Waals surface area contributed by atoms with E-state index < -0.39 is 16.1 Å². The van der Waals surface area contributed by atoms with E-state index >= 15 is 0 Å². The Morgan fingerprint density at radius 2 is 1.27 bits per heavy atom. The summed E-state index contributed by atoms with van der Waals surface area (Å²) >= 11 is 0. The van der Waals surface area contributed by atoms with E-state index in [-0.39, 0.29) is 29.2 Å². The van der Waals surface area contributed by atoms with Crippen molar-refractivity contribution in [2.45, 2.75) is 23.4 Å². The minimum absolute atomic E-state index is 0.115. The molecule has 6 rings (SSSR count). The van der Waals surface area contributed by atoms with Gasteiger partial charge in [-0.05, 0) is 35.4 Å². The van der Waals surface area contributed by atoms with Crippen molar-refractivity contribution < 1.29 is 22.7 Å². The number of morpholine rings is 1. The predicted molar refractivity (Wildman–Crippen MR) is 155 cm³/mol. The van der Waals surface area contributed by atoms with E-state index in [0.29, 0.717) is 45.1 Å². The second-order valence-electron chi connectivity index (χ2n) is 10.6. The van der Waals surface area contributed by atoms with Gasteiger partial charge in [-0.3, -0.25) is 19.4 Å². The zero-order valence-corrected chi connectivity index (χ0v) is 23.7. The van der Waals surface area contributed by atoms with Gasteiger partial charge in [0.25, 0.3) is 5.91 Å². The molecule has 2 amide bonds. The number of hydrogen-bond acceptors (Lipinski definition) is 7. The molecule has 41 heavy (non-hydrogen) atoms. The lowest BCUT2D eigenvalue weighted by molar-refractivity contribution is -0.123. The van der Waals surface area contributed by atoms with Crippen LogP contribution >= 0.6 is 0 Å². The molecule has 0 aliphatic carbocycles. The molecule has 1 unspecified atom stereocenters. The molecule has 0 saturated carbocycles. The van der Waals surface area contributed by atoms with Gasteiger partial charge >= 0.3 is 0 Å². The monoisotopic (exact) mass is 574 g/mol. The summed E-state index contributed by atoms with van der Waals surface area (Å²) in [6.07, 6.45) is 0.119. The largest absolute Gasteiger partial charge is 0.379 e. The topological polar surface area (TPSA) is 90.5 Å². The lowest BCUT2D eigenvalue weighted by Crippen LogP contribution is -2.53. The number of benzene rings is 3. The maximum atomic E-state index is 13.5. The summed E-state index contributed by atoms with van der Waals surface area (Å²) in [4.78, 5) is 32.4. The summed E-state index contributed by atoms with van der Waals surface area (Å²) in [5.74, 6) is -0.521. The molecule has 1 atom stereocenters. The number of rotatable bonds is 7. The van der Waals surface area contributed by atoms with Gasteiger partial charge < -0.3 is 4.74 Å². The molecule has 0 radical (unpaired) electrons. The molecule has 10 heteroatoms. The predicted octanol–water partition coefficient (Wildman–Crippen LogP) is 2.75. The van der Waals surface area contributed by atoms with Crippen LogP contribution < -0.4 is 4.90 Å². The van der Waals surface area contributed by atoms with Crippen LogP contribution in [-0.4, -0.2) is 92.9 Å². The molecule has 3 aromatic rings. The minimum Gasteiger partial charge on any atom is -0.379 e. The van der Waals surface area contributed by atoms with Gasteiger partial charge in [-0.25, -0.2) is 13.3 Å². The number of sulfonamides is 1. The number of hydrogen-bond donors (Lipinski definition) is 0. The summed E-state index contributed by atoms with van der Waals surface area (Å²) in [7, 11) is -3.66. The second kappa shape index (κ2) is 11.8. The zero-order valence-electron chi connectivity index (χ0n) is 22.8. The standard InChI is InChI=1S/C31H34N4O5S/c36-29-23-28(31(37)35(29)26-11-13-27(14-12-26)41(38,39)34-19-21-40-22-20-34)32-15-17-33(18-16-32)30(24-7-3-1-4-8-24)25-9-5-2-6-10-25/h1-14,28,30H,15-23H2. The third-order valence-electron chi connectivity index (χ3n) is 8.21. The smallest absolute Gasteiger partial charge is 0.251 e. The van der Waals surface area contributed by atoms with Crippen molar-refractivity contribution in [3.05, 3.63) is 96.1 Å². The molecule has 3 aliphatic rings. The highest BCUT2D eigenvalue weighted by atomic mass is 32.2. The normalized spacial score (nSPS) is 21.6. The van der Waals surface area contributed by atoms with E-state index in [1.807, 2.05) is 12.1 Å². The van der Waals surface area contributed by atoms with Crippen molar-refractivity contribution >= 4 is 27.5 Å². The third-order valence-corrected chi connectivity index (χ3v) is 10.1. The summed E-state index contributed by atoms with van der Waals surface area (Å²) in [5, 5.41) is 0. The molecule has 9 nitrogen and oxygen atoms in total. The molecule has 3 aliphatic heterocycles. The van der Waals surface area contributed by atoms with E-state index in [9.17, 15) is 18.0 Å². The van der Waals surface area contributed by atoms with Crippen LogP contribution in [0.15, 0.2) is 89.8 Å². The average molecular weight is 575 g/mol. The van der Waals surface area contributed by atoms with E-state index in [4.69, 9.17) is 4.74 Å². The molecular formula is C31H34N4O5S. The van der Waals surface area contributed by atoms with Crippen molar-refractivity contribution in [1.82, 2.24) is 14.1 Å². The molecule has 3 aromatic carbocycles. The van der Waals surface area contributed by atoms with Crippen LogP contribution in [0.25, 0.3) is 0 Å². The first-order valence-corrected chi connectivity index (χ1v) is 15.5. The van der Waals surface area contributed by atoms with Crippen molar-refractivity contribution in [2.75, 3.05) is 57.4 Å². The van der Waals surface area contributed by atoms with Crippen LogP contribution in [0.5, 0.6) is 0 Å². The van der Waals surface area contributed by atoms with Crippen LogP contribution in [-0.2, 0) is 24.3 Å². The van der Waals surface area contributed by atoms with E-state index in [1.165, 1.54) is 32.5 Å². The molecule has 214 valence electrons. The Bertz CT molecular complexity index is 1430. The van der Waals surface area contributed by atoms with E-state index in [0.717, 1.165) is 13.1 Å². The third kappa shape index (κ3) is 5.58. The highest BCUT2D eigenvalue weighted by Gasteiger charge is 2.44. The minimum atomic E-state index is -3.66. The van der Waals surface area contributed by atoms with Crippen molar-refractivity contribution in [3.63, 3.8) is 0 Å². The van der Waals surface area contributed by atoms with Gasteiger partial charge in [-0.2, -0.15) is 4.31 Å². The summed E-state index contributed by atoms with van der Waals surface area (Å²) < 4.78 is 32.6. The van der Waals surface area contributed by atoms with Crippen LogP contribution in [0.1, 0.15) is 23.6 Å². The van der Waals surface area contributed by atoms with Gasteiger partial charge in [0.05, 0.1) is 42.3 Å². The first-order chi connectivity index (χ1) is 19.9. The highest BCUT2D eigenvalue weighted by Crippen LogP contribution is 2.32. The number of ether oxygens (including phenoxy) is 1.